The van der Waals surface area contributed by atoms with Crippen molar-refractivity contribution in [1.82, 2.24) is 15.5 Å². The van der Waals surface area contributed by atoms with Gasteiger partial charge in [-0.25, -0.2) is 0 Å². The van der Waals surface area contributed by atoms with Gasteiger partial charge in [-0.2, -0.15) is 4.98 Å². The third kappa shape index (κ3) is 2.18. The number of nitrogens with zero attached hydrogens (tertiary/aromatic N) is 2. The molecular formula is C10H17N3O2. The van der Waals surface area contributed by atoms with Crippen LogP contribution in [0.5, 0.6) is 0 Å². The van der Waals surface area contributed by atoms with Gasteiger partial charge in [-0.05, 0) is 32.7 Å². The minimum atomic E-state index is 0.00607. The number of rotatable bonds is 5. The normalized spacial score (nSPS) is 20.2. The first-order chi connectivity index (χ1) is 7.26. The summed E-state index contributed by atoms with van der Waals surface area (Å²) in [6.07, 6.45) is 2.40. The molecule has 1 saturated carbocycles. The molecule has 1 aromatic rings. The highest BCUT2D eigenvalue weighted by molar-refractivity contribution is 4.99. The van der Waals surface area contributed by atoms with Crippen LogP contribution in [0, 0.1) is 5.92 Å². The van der Waals surface area contributed by atoms with E-state index < -0.39 is 0 Å². The fraction of sp³-hybridized carbons (Fsp3) is 0.800. The van der Waals surface area contributed by atoms with Crippen LogP contribution in [-0.2, 0) is 4.74 Å². The van der Waals surface area contributed by atoms with Crippen molar-refractivity contribution in [2.75, 3.05) is 14.2 Å². The lowest BCUT2D eigenvalue weighted by molar-refractivity contribution is 0.0751. The van der Waals surface area contributed by atoms with Gasteiger partial charge in [0, 0.05) is 7.11 Å². The van der Waals surface area contributed by atoms with Crippen LogP contribution in [0.2, 0.25) is 0 Å². The molecule has 0 radical (unpaired) electrons. The number of aromatic nitrogens is 2. The molecule has 2 unspecified atom stereocenters. The van der Waals surface area contributed by atoms with E-state index in [9.17, 15) is 0 Å². The Morgan fingerprint density at radius 2 is 2.27 bits per heavy atom. The van der Waals surface area contributed by atoms with E-state index in [0.717, 1.165) is 0 Å². The van der Waals surface area contributed by atoms with Gasteiger partial charge < -0.3 is 14.6 Å². The molecule has 5 nitrogen and oxygen atoms in total. The average Bonchev–Trinajstić information content (AvgIpc) is 2.96. The molecule has 1 fully saturated rings. The first-order valence-electron chi connectivity index (χ1n) is 5.29. The molecule has 1 aliphatic carbocycles. The first kappa shape index (κ1) is 10.6. The van der Waals surface area contributed by atoms with E-state index >= 15 is 0 Å². The molecule has 0 aliphatic heterocycles. The van der Waals surface area contributed by atoms with E-state index in [2.05, 4.69) is 15.5 Å². The van der Waals surface area contributed by atoms with Gasteiger partial charge in [0.25, 0.3) is 0 Å². The Bertz CT molecular complexity index is 322. The molecule has 1 heterocycles. The largest absolute Gasteiger partial charge is 0.373 e. The van der Waals surface area contributed by atoms with E-state index in [4.69, 9.17) is 9.26 Å². The summed E-state index contributed by atoms with van der Waals surface area (Å²) in [7, 11) is 3.56. The van der Waals surface area contributed by atoms with Gasteiger partial charge in [0.05, 0.1) is 6.04 Å². The second-order valence-electron chi connectivity index (χ2n) is 3.99. The van der Waals surface area contributed by atoms with Crippen molar-refractivity contribution in [3.8, 4) is 0 Å². The highest BCUT2D eigenvalue weighted by Gasteiger charge is 2.35. The van der Waals surface area contributed by atoms with Crippen molar-refractivity contribution in [3.63, 3.8) is 0 Å². The Balaban J connectivity index is 2.10. The molecule has 5 heteroatoms. The summed E-state index contributed by atoms with van der Waals surface area (Å²) in [6.45, 7) is 1.98. The average molecular weight is 211 g/mol. The first-order valence-corrected chi connectivity index (χ1v) is 5.29. The summed E-state index contributed by atoms with van der Waals surface area (Å²) in [5.74, 6) is 1.87. The minimum absolute atomic E-state index is 0.00607. The molecule has 0 amide bonds. The summed E-state index contributed by atoms with van der Waals surface area (Å²) >= 11 is 0. The van der Waals surface area contributed by atoms with Crippen LogP contribution in [-0.4, -0.2) is 24.3 Å². The zero-order valence-corrected chi connectivity index (χ0v) is 9.36. The summed E-state index contributed by atoms with van der Waals surface area (Å²) in [4.78, 5) is 4.35. The third-order valence-electron chi connectivity index (χ3n) is 2.82. The molecule has 2 atom stereocenters. The maximum absolute atomic E-state index is 5.38. The number of nitrogens with one attached hydrogen (secondary N) is 1. The van der Waals surface area contributed by atoms with Crippen LogP contribution in [0.25, 0.3) is 0 Å². The zero-order chi connectivity index (χ0) is 10.8. The van der Waals surface area contributed by atoms with E-state index in [1.165, 1.54) is 12.8 Å². The monoisotopic (exact) mass is 211 g/mol. The van der Waals surface area contributed by atoms with Crippen LogP contribution in [0.3, 0.4) is 0 Å². The lowest BCUT2D eigenvalue weighted by Gasteiger charge is -2.08. The van der Waals surface area contributed by atoms with Crippen molar-refractivity contribution in [2.24, 2.45) is 5.92 Å². The quantitative estimate of drug-likeness (QED) is 0.798. The van der Waals surface area contributed by atoms with Gasteiger partial charge >= 0.3 is 0 Å². The summed E-state index contributed by atoms with van der Waals surface area (Å²) < 4.78 is 10.6. The van der Waals surface area contributed by atoms with E-state index in [1.54, 1.807) is 7.11 Å². The number of methoxy groups -OCH3 is 1. The van der Waals surface area contributed by atoms with Crippen molar-refractivity contribution in [3.05, 3.63) is 11.7 Å². The topological polar surface area (TPSA) is 60.2 Å². The van der Waals surface area contributed by atoms with Crippen LogP contribution in [0.4, 0.5) is 0 Å². The van der Waals surface area contributed by atoms with Crippen LogP contribution in [0.1, 0.15) is 43.6 Å². The van der Waals surface area contributed by atoms with Crippen molar-refractivity contribution in [2.45, 2.75) is 31.9 Å². The van der Waals surface area contributed by atoms with Gasteiger partial charge in [-0.15, -0.1) is 0 Å². The Hall–Kier alpha value is -0.940. The molecule has 0 bridgehead atoms. The maximum atomic E-state index is 5.38. The number of hydrogen-bond donors (Lipinski definition) is 1. The summed E-state index contributed by atoms with van der Waals surface area (Å²) in [6, 6.07) is 0.0861. The van der Waals surface area contributed by atoms with Gasteiger partial charge in [0.1, 0.15) is 6.10 Å². The fourth-order valence-electron chi connectivity index (χ4n) is 1.57. The van der Waals surface area contributed by atoms with Crippen LogP contribution < -0.4 is 5.32 Å². The summed E-state index contributed by atoms with van der Waals surface area (Å²) in [5, 5.41) is 7.03. The molecule has 0 saturated heterocycles. The molecule has 0 spiro atoms. The SMILES string of the molecule is CNC(C)c1nc(C(OC)C2CC2)no1. The molecule has 2 rings (SSSR count). The highest BCUT2D eigenvalue weighted by atomic mass is 16.5. The van der Waals surface area contributed by atoms with Gasteiger partial charge in [0.2, 0.25) is 11.7 Å². The smallest absolute Gasteiger partial charge is 0.243 e. The van der Waals surface area contributed by atoms with Gasteiger partial charge in [-0.3, -0.25) is 0 Å². The lowest BCUT2D eigenvalue weighted by atomic mass is 10.2. The standard InChI is InChI=1S/C10H17N3O2/c1-6(11-2)10-12-9(13-15-10)8(14-3)7-4-5-7/h6-8,11H,4-5H2,1-3H3. The molecule has 15 heavy (non-hydrogen) atoms. The minimum Gasteiger partial charge on any atom is -0.373 e. The molecule has 1 aliphatic rings. The second kappa shape index (κ2) is 4.28. The maximum Gasteiger partial charge on any atom is 0.243 e. The molecule has 84 valence electrons. The third-order valence-corrected chi connectivity index (χ3v) is 2.82. The Kier molecular flexibility index (Phi) is 3.02. The Morgan fingerprint density at radius 1 is 1.53 bits per heavy atom. The van der Waals surface area contributed by atoms with Gasteiger partial charge in [0.15, 0.2) is 0 Å². The predicted octanol–water partition coefficient (Wildman–Crippen LogP) is 1.45. The zero-order valence-electron chi connectivity index (χ0n) is 9.36. The number of ether oxygens (including phenoxy) is 1. The van der Waals surface area contributed by atoms with Crippen molar-refractivity contribution < 1.29 is 9.26 Å². The van der Waals surface area contributed by atoms with E-state index in [0.29, 0.717) is 17.6 Å². The lowest BCUT2D eigenvalue weighted by Crippen LogP contribution is -2.13. The molecule has 1 N–H and O–H groups in total. The van der Waals surface area contributed by atoms with Crippen molar-refractivity contribution >= 4 is 0 Å². The van der Waals surface area contributed by atoms with Crippen LogP contribution >= 0.6 is 0 Å². The van der Waals surface area contributed by atoms with Gasteiger partial charge in [-0.1, -0.05) is 5.16 Å². The molecular weight excluding hydrogens is 194 g/mol. The van der Waals surface area contributed by atoms with Crippen LogP contribution in [0.15, 0.2) is 4.52 Å². The molecule has 0 aromatic carbocycles. The van der Waals surface area contributed by atoms with E-state index in [1.807, 2.05) is 14.0 Å². The predicted molar refractivity (Wildman–Crippen MR) is 54.2 cm³/mol. The number of hydrogen-bond acceptors (Lipinski definition) is 5. The second-order valence-corrected chi connectivity index (χ2v) is 3.99. The molecule has 1 aromatic heterocycles. The Morgan fingerprint density at radius 3 is 2.80 bits per heavy atom. The van der Waals surface area contributed by atoms with Crippen molar-refractivity contribution in [1.29, 1.82) is 0 Å². The van der Waals surface area contributed by atoms with E-state index in [-0.39, 0.29) is 12.1 Å². The highest BCUT2D eigenvalue weighted by Crippen LogP contribution is 2.41. The Labute approximate surface area is 89.2 Å². The fourth-order valence-corrected chi connectivity index (χ4v) is 1.57. The summed E-state index contributed by atoms with van der Waals surface area (Å²) in [5.41, 5.74) is 0.